The van der Waals surface area contributed by atoms with E-state index in [-0.39, 0.29) is 23.3 Å². The fourth-order valence-corrected chi connectivity index (χ4v) is 1.91. The molecule has 2 rings (SSSR count). The molecule has 2 heterocycles. The Morgan fingerprint density at radius 1 is 1.35 bits per heavy atom. The highest BCUT2D eigenvalue weighted by Gasteiger charge is 2.33. The number of aromatic nitrogens is 2. The lowest BCUT2D eigenvalue weighted by atomic mass is 9.96. The lowest BCUT2D eigenvalue weighted by Gasteiger charge is -2.13. The molecule has 0 saturated carbocycles. The monoisotopic (exact) mass is 282 g/mol. The van der Waals surface area contributed by atoms with Crippen LogP contribution in [0.3, 0.4) is 0 Å². The summed E-state index contributed by atoms with van der Waals surface area (Å²) in [7, 11) is 0. The standard InChI is InChI=1S/C12H20N4O2.C2H6/c1-7-5-16(6-8(7)13)10(17)9-14-11(15-18-9)12(2,3)4;1-2/h7-8H,5-6,13H2,1-4H3;1-2H3. The van der Waals surface area contributed by atoms with Crippen molar-refractivity contribution in [3.63, 3.8) is 0 Å². The number of hydrogen-bond donors (Lipinski definition) is 1. The normalized spacial score (nSPS) is 22.4. The van der Waals surface area contributed by atoms with Crippen LogP contribution in [0.25, 0.3) is 0 Å². The van der Waals surface area contributed by atoms with Crippen molar-refractivity contribution in [2.75, 3.05) is 13.1 Å². The van der Waals surface area contributed by atoms with Crippen molar-refractivity contribution >= 4 is 5.91 Å². The molecule has 1 fully saturated rings. The minimum absolute atomic E-state index is 0.0268. The Labute approximate surface area is 120 Å². The Balaban J connectivity index is 0.000000956. The number of nitrogens with two attached hydrogens (primary N) is 1. The zero-order valence-corrected chi connectivity index (χ0v) is 13.3. The second-order valence-corrected chi connectivity index (χ2v) is 6.02. The van der Waals surface area contributed by atoms with Crippen molar-refractivity contribution in [3.05, 3.63) is 11.7 Å². The zero-order valence-electron chi connectivity index (χ0n) is 13.3. The molecule has 0 aromatic carbocycles. The van der Waals surface area contributed by atoms with E-state index < -0.39 is 0 Å². The average molecular weight is 282 g/mol. The number of likely N-dealkylation sites (tertiary alicyclic amines) is 1. The van der Waals surface area contributed by atoms with Crippen LogP contribution in [0.2, 0.25) is 0 Å². The molecule has 2 atom stereocenters. The van der Waals surface area contributed by atoms with E-state index in [1.165, 1.54) is 0 Å². The summed E-state index contributed by atoms with van der Waals surface area (Å²) in [5.41, 5.74) is 5.67. The molecule has 1 aliphatic rings. The summed E-state index contributed by atoms with van der Waals surface area (Å²) in [6.07, 6.45) is 0. The fraction of sp³-hybridized carbons (Fsp3) is 0.786. The van der Waals surface area contributed by atoms with Gasteiger partial charge in [-0.25, -0.2) is 0 Å². The van der Waals surface area contributed by atoms with Crippen molar-refractivity contribution in [2.24, 2.45) is 11.7 Å². The predicted octanol–water partition coefficient (Wildman–Crippen LogP) is 1.81. The van der Waals surface area contributed by atoms with Crippen molar-refractivity contribution < 1.29 is 9.32 Å². The molecule has 1 aliphatic heterocycles. The zero-order chi connectivity index (χ0) is 15.5. The van der Waals surface area contributed by atoms with Gasteiger partial charge in [0.25, 0.3) is 0 Å². The first-order valence-electron chi connectivity index (χ1n) is 7.18. The van der Waals surface area contributed by atoms with Crippen LogP contribution in [0.1, 0.15) is 58.1 Å². The van der Waals surface area contributed by atoms with Gasteiger partial charge < -0.3 is 15.2 Å². The first-order chi connectivity index (χ1) is 9.29. The summed E-state index contributed by atoms with van der Waals surface area (Å²) in [4.78, 5) is 18.0. The Morgan fingerprint density at radius 3 is 2.35 bits per heavy atom. The van der Waals surface area contributed by atoms with E-state index in [4.69, 9.17) is 10.3 Å². The van der Waals surface area contributed by atoms with Crippen molar-refractivity contribution in [2.45, 2.75) is 53.0 Å². The third-order valence-corrected chi connectivity index (χ3v) is 3.24. The molecular weight excluding hydrogens is 256 g/mol. The number of hydrogen-bond acceptors (Lipinski definition) is 5. The summed E-state index contributed by atoms with van der Waals surface area (Å²) in [6.45, 7) is 13.1. The minimum atomic E-state index is -0.225. The third-order valence-electron chi connectivity index (χ3n) is 3.24. The van der Waals surface area contributed by atoms with E-state index in [2.05, 4.69) is 10.1 Å². The van der Waals surface area contributed by atoms with Gasteiger partial charge in [0, 0.05) is 24.5 Å². The summed E-state index contributed by atoms with van der Waals surface area (Å²) in [5, 5.41) is 3.85. The van der Waals surface area contributed by atoms with Gasteiger partial charge in [0.05, 0.1) is 0 Å². The maximum absolute atomic E-state index is 12.2. The van der Waals surface area contributed by atoms with Crippen LogP contribution in [0, 0.1) is 5.92 Å². The topological polar surface area (TPSA) is 85.2 Å². The fourth-order valence-electron chi connectivity index (χ4n) is 1.91. The van der Waals surface area contributed by atoms with Gasteiger partial charge in [-0.05, 0) is 5.92 Å². The Morgan fingerprint density at radius 2 is 1.95 bits per heavy atom. The number of carbonyl (C=O) groups is 1. The van der Waals surface area contributed by atoms with Crippen molar-refractivity contribution in [1.82, 2.24) is 15.0 Å². The van der Waals surface area contributed by atoms with E-state index in [1.807, 2.05) is 41.5 Å². The molecule has 6 nitrogen and oxygen atoms in total. The van der Waals surface area contributed by atoms with E-state index >= 15 is 0 Å². The van der Waals surface area contributed by atoms with E-state index in [0.717, 1.165) is 0 Å². The molecule has 1 aromatic heterocycles. The smallest absolute Gasteiger partial charge is 0.316 e. The highest BCUT2D eigenvalue weighted by atomic mass is 16.5. The van der Waals surface area contributed by atoms with Gasteiger partial charge in [0.2, 0.25) is 0 Å². The van der Waals surface area contributed by atoms with Crippen LogP contribution in [0.5, 0.6) is 0 Å². The largest absolute Gasteiger partial charge is 0.333 e. The molecule has 0 spiro atoms. The van der Waals surface area contributed by atoms with Gasteiger partial charge in [-0.15, -0.1) is 0 Å². The van der Waals surface area contributed by atoms with Crippen LogP contribution in [-0.2, 0) is 5.41 Å². The quantitative estimate of drug-likeness (QED) is 0.849. The maximum atomic E-state index is 12.2. The van der Waals surface area contributed by atoms with Crippen molar-refractivity contribution in [3.8, 4) is 0 Å². The van der Waals surface area contributed by atoms with Crippen LogP contribution >= 0.6 is 0 Å². The second kappa shape index (κ2) is 6.35. The SMILES string of the molecule is CC.CC1CN(C(=O)c2nc(C(C)(C)C)no2)CC1N. The number of nitrogens with zero attached hydrogens (tertiary/aromatic N) is 3. The number of carbonyl (C=O) groups excluding carboxylic acids is 1. The summed E-state index contributed by atoms with van der Waals surface area (Å²) < 4.78 is 5.04. The van der Waals surface area contributed by atoms with Gasteiger partial charge in [0.1, 0.15) is 0 Å². The van der Waals surface area contributed by atoms with Gasteiger partial charge in [0.15, 0.2) is 5.82 Å². The Bertz CT molecular complexity index is 440. The van der Waals surface area contributed by atoms with Gasteiger partial charge in [-0.3, -0.25) is 4.79 Å². The molecule has 0 aliphatic carbocycles. The molecule has 0 bridgehead atoms. The summed E-state index contributed by atoms with van der Waals surface area (Å²) >= 11 is 0. The van der Waals surface area contributed by atoms with Crippen LogP contribution in [0.4, 0.5) is 0 Å². The molecule has 114 valence electrons. The first-order valence-corrected chi connectivity index (χ1v) is 7.18. The Kier molecular flexibility index (Phi) is 5.28. The van der Waals surface area contributed by atoms with Crippen LogP contribution in [0.15, 0.2) is 4.52 Å². The van der Waals surface area contributed by atoms with E-state index in [9.17, 15) is 4.79 Å². The van der Waals surface area contributed by atoms with Gasteiger partial charge in [-0.1, -0.05) is 46.7 Å². The Hall–Kier alpha value is -1.43. The lowest BCUT2D eigenvalue weighted by molar-refractivity contribution is 0.0737. The molecular formula is C14H26N4O2. The molecule has 2 N–H and O–H groups in total. The number of amides is 1. The predicted molar refractivity (Wildman–Crippen MR) is 77.4 cm³/mol. The minimum Gasteiger partial charge on any atom is -0.333 e. The second-order valence-electron chi connectivity index (χ2n) is 6.02. The van der Waals surface area contributed by atoms with E-state index in [0.29, 0.717) is 24.8 Å². The molecule has 6 heteroatoms. The molecule has 1 amide bonds. The third kappa shape index (κ3) is 3.56. The molecule has 1 saturated heterocycles. The van der Waals surface area contributed by atoms with Crippen LogP contribution in [-0.4, -0.2) is 40.1 Å². The number of rotatable bonds is 1. The molecule has 20 heavy (non-hydrogen) atoms. The first kappa shape index (κ1) is 16.6. The van der Waals surface area contributed by atoms with Gasteiger partial charge in [-0.2, -0.15) is 4.98 Å². The van der Waals surface area contributed by atoms with Crippen LogP contribution < -0.4 is 5.73 Å². The lowest BCUT2D eigenvalue weighted by Crippen LogP contribution is -2.32. The van der Waals surface area contributed by atoms with Crippen molar-refractivity contribution in [1.29, 1.82) is 0 Å². The highest BCUT2D eigenvalue weighted by molar-refractivity contribution is 5.89. The molecule has 2 unspecified atom stereocenters. The average Bonchev–Trinajstić information content (AvgIpc) is 2.99. The summed E-state index contributed by atoms with van der Waals surface area (Å²) in [5.74, 6) is 0.681. The molecule has 0 radical (unpaired) electrons. The van der Waals surface area contributed by atoms with E-state index in [1.54, 1.807) is 4.90 Å². The van der Waals surface area contributed by atoms with Gasteiger partial charge >= 0.3 is 11.8 Å². The summed E-state index contributed by atoms with van der Waals surface area (Å²) in [6, 6.07) is 0.0268. The highest BCUT2D eigenvalue weighted by Crippen LogP contribution is 2.20. The maximum Gasteiger partial charge on any atom is 0.316 e. The molecule has 1 aromatic rings.